The van der Waals surface area contributed by atoms with Crippen LogP contribution in [0.2, 0.25) is 10.0 Å². The van der Waals surface area contributed by atoms with Crippen molar-refractivity contribution in [3.8, 4) is 11.3 Å². The highest BCUT2D eigenvalue weighted by molar-refractivity contribution is 7.14. The van der Waals surface area contributed by atoms with Crippen molar-refractivity contribution in [1.29, 1.82) is 0 Å². The second-order valence-corrected chi connectivity index (χ2v) is 9.26. The average Bonchev–Trinajstić information content (AvgIpc) is 3.16. The van der Waals surface area contributed by atoms with Gasteiger partial charge in [0.2, 0.25) is 0 Å². The van der Waals surface area contributed by atoms with Crippen LogP contribution >= 0.6 is 34.5 Å². The molecule has 1 aliphatic rings. The molecule has 30 heavy (non-hydrogen) atoms. The van der Waals surface area contributed by atoms with Crippen molar-refractivity contribution in [1.82, 2.24) is 4.98 Å². The minimum Gasteiger partial charge on any atom is -0.463 e. The number of benzene rings is 2. The Morgan fingerprint density at radius 1 is 1.07 bits per heavy atom. The van der Waals surface area contributed by atoms with Gasteiger partial charge in [-0.1, -0.05) is 47.5 Å². The molecule has 4 nitrogen and oxygen atoms in total. The lowest BCUT2D eigenvalue weighted by atomic mass is 9.82. The van der Waals surface area contributed by atoms with Crippen LogP contribution in [0.5, 0.6) is 0 Å². The summed E-state index contributed by atoms with van der Waals surface area (Å²) in [6.07, 6.45) is 4.03. The summed E-state index contributed by atoms with van der Waals surface area (Å²) in [5, 5.41) is 7.25. The Labute approximate surface area is 190 Å². The molecule has 7 heteroatoms. The molecule has 0 atom stereocenters. The number of rotatable bonds is 5. The van der Waals surface area contributed by atoms with Gasteiger partial charge in [0.05, 0.1) is 5.69 Å². The molecule has 156 valence electrons. The van der Waals surface area contributed by atoms with Crippen molar-refractivity contribution < 1.29 is 9.53 Å². The van der Waals surface area contributed by atoms with Crippen LogP contribution in [0.1, 0.15) is 44.1 Å². The first kappa shape index (κ1) is 21.2. The summed E-state index contributed by atoms with van der Waals surface area (Å²) in [4.78, 5) is 15.8. The monoisotopic (exact) mass is 460 g/mol. The molecular weight excluding hydrogens is 439 g/mol. The molecule has 1 fully saturated rings. The van der Waals surface area contributed by atoms with E-state index in [0.717, 1.165) is 47.8 Å². The van der Waals surface area contributed by atoms with Gasteiger partial charge in [-0.05, 0) is 55.4 Å². The lowest BCUT2D eigenvalue weighted by Gasteiger charge is -2.28. The van der Waals surface area contributed by atoms with Crippen LogP contribution in [-0.2, 0) is 9.53 Å². The van der Waals surface area contributed by atoms with E-state index in [0.29, 0.717) is 16.0 Å². The third-order valence-electron chi connectivity index (χ3n) is 5.30. The first-order valence-electron chi connectivity index (χ1n) is 9.92. The van der Waals surface area contributed by atoms with Gasteiger partial charge in [0.1, 0.15) is 6.10 Å². The van der Waals surface area contributed by atoms with Crippen molar-refractivity contribution in [3.05, 3.63) is 63.5 Å². The van der Waals surface area contributed by atoms with E-state index in [2.05, 4.69) is 34.6 Å². The molecule has 1 heterocycles. The standard InChI is InChI=1S/C23H22Cl2N2O2S/c1-14(28)29-21-8-6-16(7-9-21)15-2-4-17(5-3-15)22-13-30-23(27-22)26-20-11-18(24)10-19(25)12-20/h2-5,10-13,16,21H,6-9H2,1H3,(H,26,27). The fourth-order valence-corrected chi connectivity index (χ4v) is 5.15. The molecule has 0 spiro atoms. The van der Waals surface area contributed by atoms with E-state index in [1.54, 1.807) is 6.07 Å². The lowest BCUT2D eigenvalue weighted by Crippen LogP contribution is -2.22. The first-order chi connectivity index (χ1) is 14.5. The zero-order valence-corrected chi connectivity index (χ0v) is 18.9. The largest absolute Gasteiger partial charge is 0.463 e. The molecule has 0 radical (unpaired) electrons. The number of anilines is 2. The summed E-state index contributed by atoms with van der Waals surface area (Å²) in [6.45, 7) is 1.48. The Balaban J connectivity index is 1.39. The number of nitrogens with one attached hydrogen (secondary N) is 1. The van der Waals surface area contributed by atoms with Crippen molar-refractivity contribution in [3.63, 3.8) is 0 Å². The number of nitrogens with zero attached hydrogens (tertiary/aromatic N) is 1. The summed E-state index contributed by atoms with van der Waals surface area (Å²) in [5.41, 5.74) is 4.16. The molecule has 0 saturated heterocycles. The highest BCUT2D eigenvalue weighted by atomic mass is 35.5. The molecule has 4 rings (SSSR count). The van der Waals surface area contributed by atoms with Crippen LogP contribution in [0, 0.1) is 0 Å². The fourth-order valence-electron chi connectivity index (χ4n) is 3.89. The molecule has 1 aliphatic carbocycles. The maximum atomic E-state index is 11.1. The number of carbonyl (C=O) groups is 1. The van der Waals surface area contributed by atoms with Gasteiger partial charge in [-0.3, -0.25) is 4.79 Å². The predicted octanol–water partition coefficient (Wildman–Crippen LogP) is 7.45. The fraction of sp³-hybridized carbons (Fsp3) is 0.304. The molecule has 0 amide bonds. The van der Waals surface area contributed by atoms with E-state index in [1.807, 2.05) is 17.5 Å². The summed E-state index contributed by atoms with van der Waals surface area (Å²) in [7, 11) is 0. The third-order valence-corrected chi connectivity index (χ3v) is 6.50. The van der Waals surface area contributed by atoms with Gasteiger partial charge in [-0.2, -0.15) is 0 Å². The zero-order chi connectivity index (χ0) is 21.1. The van der Waals surface area contributed by atoms with Crippen LogP contribution in [-0.4, -0.2) is 17.1 Å². The molecule has 2 aromatic carbocycles. The maximum absolute atomic E-state index is 11.1. The van der Waals surface area contributed by atoms with E-state index in [4.69, 9.17) is 27.9 Å². The zero-order valence-electron chi connectivity index (χ0n) is 16.5. The van der Waals surface area contributed by atoms with Crippen LogP contribution in [0.15, 0.2) is 47.8 Å². The molecule has 0 aliphatic heterocycles. The highest BCUT2D eigenvalue weighted by Gasteiger charge is 2.24. The van der Waals surface area contributed by atoms with Crippen LogP contribution in [0.4, 0.5) is 10.8 Å². The second kappa shape index (κ2) is 9.38. The van der Waals surface area contributed by atoms with E-state index >= 15 is 0 Å². The molecule has 1 aromatic heterocycles. The predicted molar refractivity (Wildman–Crippen MR) is 124 cm³/mol. The molecule has 0 bridgehead atoms. The Morgan fingerprint density at radius 3 is 2.37 bits per heavy atom. The van der Waals surface area contributed by atoms with Crippen LogP contribution in [0.25, 0.3) is 11.3 Å². The van der Waals surface area contributed by atoms with E-state index in [1.165, 1.54) is 23.8 Å². The quantitative estimate of drug-likeness (QED) is 0.401. The number of esters is 1. The van der Waals surface area contributed by atoms with Crippen molar-refractivity contribution in [2.45, 2.75) is 44.6 Å². The van der Waals surface area contributed by atoms with Crippen molar-refractivity contribution >= 4 is 51.3 Å². The summed E-state index contributed by atoms with van der Waals surface area (Å²) < 4.78 is 5.34. The normalized spacial score (nSPS) is 18.8. The summed E-state index contributed by atoms with van der Waals surface area (Å²) in [5.74, 6) is 0.337. The molecular formula is C23H22Cl2N2O2S. The maximum Gasteiger partial charge on any atom is 0.302 e. The summed E-state index contributed by atoms with van der Waals surface area (Å²) in [6, 6.07) is 14.0. The minimum atomic E-state index is -0.182. The molecule has 1 N–H and O–H groups in total. The minimum absolute atomic E-state index is 0.0772. The van der Waals surface area contributed by atoms with E-state index in [9.17, 15) is 4.79 Å². The van der Waals surface area contributed by atoms with Crippen LogP contribution < -0.4 is 5.32 Å². The number of halogens is 2. The van der Waals surface area contributed by atoms with Gasteiger partial charge in [-0.15, -0.1) is 11.3 Å². The van der Waals surface area contributed by atoms with Crippen molar-refractivity contribution in [2.75, 3.05) is 5.32 Å². The lowest BCUT2D eigenvalue weighted by molar-refractivity contribution is -0.147. The number of carbonyl (C=O) groups excluding carboxylic acids is 1. The van der Waals surface area contributed by atoms with Crippen LogP contribution in [0.3, 0.4) is 0 Å². The van der Waals surface area contributed by atoms with Gasteiger partial charge in [0, 0.05) is 33.6 Å². The highest BCUT2D eigenvalue weighted by Crippen LogP contribution is 2.35. The number of hydrogen-bond acceptors (Lipinski definition) is 5. The molecule has 0 unspecified atom stereocenters. The smallest absolute Gasteiger partial charge is 0.302 e. The third kappa shape index (κ3) is 5.34. The van der Waals surface area contributed by atoms with Gasteiger partial charge in [0.15, 0.2) is 5.13 Å². The number of ether oxygens (including phenoxy) is 1. The van der Waals surface area contributed by atoms with Crippen molar-refractivity contribution in [2.24, 2.45) is 0 Å². The van der Waals surface area contributed by atoms with Gasteiger partial charge >= 0.3 is 5.97 Å². The molecule has 3 aromatic rings. The number of aromatic nitrogens is 1. The molecule has 1 saturated carbocycles. The average molecular weight is 461 g/mol. The topological polar surface area (TPSA) is 51.2 Å². The van der Waals surface area contributed by atoms with E-state index < -0.39 is 0 Å². The number of thiazole rings is 1. The van der Waals surface area contributed by atoms with E-state index in [-0.39, 0.29) is 12.1 Å². The van der Waals surface area contributed by atoms with Gasteiger partial charge in [0.25, 0.3) is 0 Å². The second-order valence-electron chi connectivity index (χ2n) is 7.53. The van der Waals surface area contributed by atoms with Gasteiger partial charge in [-0.25, -0.2) is 4.98 Å². The Hall–Kier alpha value is -2.08. The first-order valence-corrected chi connectivity index (χ1v) is 11.6. The Bertz CT molecular complexity index is 1010. The van der Waals surface area contributed by atoms with Gasteiger partial charge < -0.3 is 10.1 Å². The Morgan fingerprint density at radius 2 is 1.73 bits per heavy atom. The summed E-state index contributed by atoms with van der Waals surface area (Å²) >= 11 is 13.7. The SMILES string of the molecule is CC(=O)OC1CCC(c2ccc(-c3csc(Nc4cc(Cl)cc(Cl)c4)n3)cc2)CC1. The Kier molecular flexibility index (Phi) is 6.61. The number of hydrogen-bond donors (Lipinski definition) is 1.